The van der Waals surface area contributed by atoms with Crippen LogP contribution in [0.4, 0.5) is 13.2 Å². The molecule has 1 N–H and O–H groups in total. The minimum atomic E-state index is -4.71. The quantitative estimate of drug-likeness (QED) is 0.0886. The number of hydrogen-bond donors (Lipinski definition) is 1. The van der Waals surface area contributed by atoms with Gasteiger partial charge in [0.05, 0.1) is 33.7 Å². The van der Waals surface area contributed by atoms with Gasteiger partial charge in [0.2, 0.25) is 5.28 Å². The number of esters is 1. The first-order chi connectivity index (χ1) is 20.2. The monoisotopic (exact) mass is 624 g/mol. The van der Waals surface area contributed by atoms with Crippen LogP contribution >= 0.6 is 0 Å². The number of carbonyl (C=O) groups is 2. The number of aryl methyl sites for hydroxylation is 1. The zero-order valence-electron chi connectivity index (χ0n) is 23.1. The molecule has 1 amide bonds. The predicted octanol–water partition coefficient (Wildman–Crippen LogP) is 3.71. The van der Waals surface area contributed by atoms with Crippen LogP contribution in [0, 0.1) is 18.0 Å². The van der Waals surface area contributed by atoms with Crippen LogP contribution in [0.15, 0.2) is 64.8 Å². The average Bonchev–Trinajstić information content (AvgIpc) is 3.37. The van der Waals surface area contributed by atoms with Crippen molar-refractivity contribution in [3.05, 3.63) is 71.1 Å². The number of alkyl halides is 3. The van der Waals surface area contributed by atoms with Gasteiger partial charge in [-0.25, -0.2) is 17.8 Å². The highest BCUT2D eigenvalue weighted by atomic mass is 32.2. The summed E-state index contributed by atoms with van der Waals surface area (Å²) in [6.07, 6.45) is -4.58. The summed E-state index contributed by atoms with van der Waals surface area (Å²) in [7, 11) is -4.43. The molecule has 2 heterocycles. The van der Waals surface area contributed by atoms with Crippen LogP contribution in [0.2, 0.25) is 0 Å². The maximum absolute atomic E-state index is 13.5. The van der Waals surface area contributed by atoms with Crippen molar-refractivity contribution in [3.63, 3.8) is 0 Å². The van der Waals surface area contributed by atoms with E-state index in [1.54, 1.807) is 38.1 Å². The van der Waals surface area contributed by atoms with E-state index in [0.29, 0.717) is 5.56 Å². The number of nitrogens with zero attached hydrogens (tertiary/aromatic N) is 5. The van der Waals surface area contributed by atoms with Crippen molar-refractivity contribution in [2.75, 3.05) is 13.3 Å². The molecular formula is C26H27F3N6O7S. The third-order valence-electron chi connectivity index (χ3n) is 6.34. The van der Waals surface area contributed by atoms with Gasteiger partial charge in [-0.15, -0.1) is 5.01 Å². The third-order valence-corrected chi connectivity index (χ3v) is 7.70. The van der Waals surface area contributed by atoms with Gasteiger partial charge in [-0.1, -0.05) is 43.7 Å². The number of ether oxygens (including phenoxy) is 1. The van der Waals surface area contributed by atoms with E-state index in [9.17, 15) is 36.4 Å². The molecule has 0 radical (unpaired) electrons. The SMILES string of the molecule is Cc1ccc(-c2cc(C(F)(F)F)nn2-c2ccc(S(=O)(=O)NC(=O)[C@@H]3CCN3/[N+]([O-])=N\OCOC(=O)C(C)C)cc2)cc1. The molecule has 3 aromatic rings. The molecule has 1 aliphatic heterocycles. The van der Waals surface area contributed by atoms with E-state index in [1.165, 1.54) is 12.1 Å². The van der Waals surface area contributed by atoms with Gasteiger partial charge in [0.1, 0.15) is 0 Å². The van der Waals surface area contributed by atoms with Gasteiger partial charge in [0, 0.05) is 12.0 Å². The fourth-order valence-corrected chi connectivity index (χ4v) is 4.90. The highest BCUT2D eigenvalue weighted by molar-refractivity contribution is 7.90. The summed E-state index contributed by atoms with van der Waals surface area (Å²) in [5.74, 6) is -2.01. The fraction of sp³-hybridized carbons (Fsp3) is 0.346. The Bertz CT molecular complexity index is 1620. The normalized spacial score (nSPS) is 15.7. The summed E-state index contributed by atoms with van der Waals surface area (Å²) in [5, 5.41) is 19.9. The zero-order chi connectivity index (χ0) is 31.5. The molecular weight excluding hydrogens is 597 g/mol. The number of sulfonamides is 1. The van der Waals surface area contributed by atoms with E-state index >= 15 is 0 Å². The lowest BCUT2D eigenvalue weighted by Gasteiger charge is -2.33. The van der Waals surface area contributed by atoms with Crippen LogP contribution in [0.25, 0.3) is 16.9 Å². The first kappa shape index (κ1) is 31.3. The molecule has 230 valence electrons. The molecule has 1 aliphatic rings. The summed E-state index contributed by atoms with van der Waals surface area (Å²) >= 11 is 0. The highest BCUT2D eigenvalue weighted by Gasteiger charge is 2.42. The minimum absolute atomic E-state index is 0.0523. The van der Waals surface area contributed by atoms with Crippen molar-refractivity contribution in [2.24, 2.45) is 11.2 Å². The molecule has 1 saturated heterocycles. The van der Waals surface area contributed by atoms with Gasteiger partial charge < -0.3 is 14.8 Å². The molecule has 0 saturated carbocycles. The molecule has 17 heteroatoms. The Morgan fingerprint density at radius 1 is 1.16 bits per heavy atom. The summed E-state index contributed by atoms with van der Waals surface area (Å²) in [5.41, 5.74) is 0.518. The lowest BCUT2D eigenvalue weighted by molar-refractivity contribution is -0.729. The van der Waals surface area contributed by atoms with Gasteiger partial charge in [-0.05, 0) is 37.3 Å². The number of nitrogens with one attached hydrogen (secondary N) is 1. The molecule has 13 nitrogen and oxygen atoms in total. The van der Waals surface area contributed by atoms with Crippen molar-refractivity contribution >= 4 is 21.9 Å². The second-order valence-corrected chi connectivity index (χ2v) is 11.5. The molecule has 0 spiro atoms. The smallest absolute Gasteiger partial charge is 0.435 e. The van der Waals surface area contributed by atoms with E-state index in [4.69, 9.17) is 4.74 Å². The zero-order valence-corrected chi connectivity index (χ0v) is 23.9. The van der Waals surface area contributed by atoms with Crippen molar-refractivity contribution in [1.29, 1.82) is 0 Å². The van der Waals surface area contributed by atoms with Crippen molar-refractivity contribution in [2.45, 2.75) is 44.3 Å². The maximum Gasteiger partial charge on any atom is 0.435 e. The lowest BCUT2D eigenvalue weighted by Crippen LogP contribution is -2.59. The van der Waals surface area contributed by atoms with Crippen LogP contribution in [0.3, 0.4) is 0 Å². The van der Waals surface area contributed by atoms with Crippen molar-refractivity contribution < 1.29 is 45.7 Å². The van der Waals surface area contributed by atoms with Crippen LogP contribution in [-0.4, -0.2) is 59.4 Å². The van der Waals surface area contributed by atoms with Gasteiger partial charge in [-0.3, -0.25) is 9.59 Å². The topological polar surface area (TPSA) is 158 Å². The Morgan fingerprint density at radius 2 is 1.81 bits per heavy atom. The second-order valence-electron chi connectivity index (χ2n) is 9.82. The molecule has 1 aromatic heterocycles. The molecule has 4 rings (SSSR count). The maximum atomic E-state index is 13.5. The van der Waals surface area contributed by atoms with E-state index in [1.807, 2.05) is 11.6 Å². The van der Waals surface area contributed by atoms with E-state index in [-0.39, 0.29) is 34.2 Å². The Labute approximate surface area is 244 Å². The Morgan fingerprint density at radius 3 is 2.37 bits per heavy atom. The molecule has 1 atom stereocenters. The van der Waals surface area contributed by atoms with Crippen LogP contribution in [-0.2, 0) is 35.4 Å². The first-order valence-electron chi connectivity index (χ1n) is 12.8. The molecule has 43 heavy (non-hydrogen) atoms. The van der Waals surface area contributed by atoms with Crippen molar-refractivity contribution in [3.8, 4) is 16.9 Å². The fourth-order valence-electron chi connectivity index (χ4n) is 3.89. The number of amides is 1. The van der Waals surface area contributed by atoms with Gasteiger partial charge >= 0.3 is 12.1 Å². The second kappa shape index (κ2) is 12.3. The third kappa shape index (κ3) is 7.22. The molecule has 0 aliphatic carbocycles. The average molecular weight is 625 g/mol. The number of hydrazine groups is 1. The number of hydrogen-bond acceptors (Lipinski definition) is 9. The summed E-state index contributed by atoms with van der Waals surface area (Å²) in [4.78, 5) is 28.3. The largest absolute Gasteiger partial charge is 0.569 e. The van der Waals surface area contributed by atoms with Crippen molar-refractivity contribution in [1.82, 2.24) is 19.5 Å². The first-order valence-corrected chi connectivity index (χ1v) is 14.3. The van der Waals surface area contributed by atoms with Crippen LogP contribution < -0.4 is 4.72 Å². The molecule has 0 unspecified atom stereocenters. The molecule has 2 aromatic carbocycles. The lowest BCUT2D eigenvalue weighted by atomic mass is 10.1. The summed E-state index contributed by atoms with van der Waals surface area (Å²) < 4.78 is 73.8. The van der Waals surface area contributed by atoms with Crippen LogP contribution in [0.5, 0.6) is 0 Å². The number of aromatic nitrogens is 2. The predicted molar refractivity (Wildman–Crippen MR) is 142 cm³/mol. The standard InChI is InChI=1S/C26H27F3N6O7S/c1-16(2)25(37)41-15-42-32-35(38)33-13-12-21(33)24(36)31-43(39,40)20-10-8-19(9-11-20)34-22(14-23(30-34)26(27,28)29)18-6-4-17(3)5-7-18/h4-11,14,16,21H,12-13,15H2,1-3H3,(H,31,36)/b35-32+/t21-/m0/s1. The van der Waals surface area contributed by atoms with Gasteiger partial charge in [0.15, 0.2) is 11.7 Å². The Hall–Kier alpha value is -4.67. The van der Waals surface area contributed by atoms with Crippen LogP contribution in [0.1, 0.15) is 31.5 Å². The van der Waals surface area contributed by atoms with E-state index < -0.39 is 52.5 Å². The highest BCUT2D eigenvalue weighted by Crippen LogP contribution is 2.33. The summed E-state index contributed by atoms with van der Waals surface area (Å²) in [6.45, 7) is 4.47. The Balaban J connectivity index is 1.46. The number of rotatable bonds is 10. The van der Waals surface area contributed by atoms with E-state index in [0.717, 1.165) is 33.5 Å². The minimum Gasteiger partial charge on any atom is -0.569 e. The van der Waals surface area contributed by atoms with Gasteiger partial charge in [0.25, 0.3) is 22.7 Å². The molecule has 1 fully saturated rings. The summed E-state index contributed by atoms with van der Waals surface area (Å²) in [6, 6.07) is 11.2. The Kier molecular flexibility index (Phi) is 8.93. The van der Waals surface area contributed by atoms with Gasteiger partial charge in [-0.2, -0.15) is 18.3 Å². The van der Waals surface area contributed by atoms with E-state index in [2.05, 4.69) is 15.2 Å². The number of benzene rings is 2. The molecule has 0 bridgehead atoms. The number of halogens is 3. The number of carbonyl (C=O) groups excluding carboxylic acids is 2.